The predicted octanol–water partition coefficient (Wildman–Crippen LogP) is 2.29. The molecule has 0 aliphatic carbocycles. The van der Waals surface area contributed by atoms with Crippen molar-refractivity contribution in [2.24, 2.45) is 0 Å². The maximum atomic E-state index is 10.8. The van der Waals surface area contributed by atoms with Gasteiger partial charge in [-0.1, -0.05) is 0 Å². The van der Waals surface area contributed by atoms with Crippen LogP contribution in [0.5, 0.6) is 5.75 Å². The molecular formula is C13H18N2O5. The van der Waals surface area contributed by atoms with E-state index in [9.17, 15) is 14.9 Å². The molecule has 0 spiro atoms. The molecule has 1 aromatic rings. The number of anilines is 1. The van der Waals surface area contributed by atoms with Gasteiger partial charge < -0.3 is 14.7 Å². The molecule has 20 heavy (non-hydrogen) atoms. The number of benzene rings is 1. The van der Waals surface area contributed by atoms with Crippen molar-refractivity contribution >= 4 is 17.3 Å². The van der Waals surface area contributed by atoms with Crippen LogP contribution in [-0.2, 0) is 4.79 Å². The minimum Gasteiger partial charge on any atom is -0.490 e. The van der Waals surface area contributed by atoms with E-state index in [0.29, 0.717) is 12.2 Å². The van der Waals surface area contributed by atoms with Crippen molar-refractivity contribution in [3.8, 4) is 5.75 Å². The van der Waals surface area contributed by atoms with E-state index in [1.54, 1.807) is 19.1 Å². The molecule has 1 aromatic carbocycles. The normalized spacial score (nSPS) is 11.8. The number of methoxy groups -OCH3 is 1. The zero-order valence-corrected chi connectivity index (χ0v) is 11.7. The Morgan fingerprint density at radius 2 is 2.20 bits per heavy atom. The predicted molar refractivity (Wildman–Crippen MR) is 74.4 cm³/mol. The van der Waals surface area contributed by atoms with E-state index in [1.165, 1.54) is 13.2 Å². The van der Waals surface area contributed by atoms with E-state index in [-0.39, 0.29) is 23.9 Å². The molecule has 0 saturated heterocycles. The van der Waals surface area contributed by atoms with Crippen molar-refractivity contribution in [2.45, 2.75) is 26.3 Å². The summed E-state index contributed by atoms with van der Waals surface area (Å²) in [4.78, 5) is 23.0. The Morgan fingerprint density at radius 1 is 1.55 bits per heavy atom. The van der Waals surface area contributed by atoms with Crippen LogP contribution in [0.4, 0.5) is 11.4 Å². The number of nitrogens with zero attached hydrogens (tertiary/aromatic N) is 2. The number of hydrogen-bond donors (Lipinski definition) is 1. The summed E-state index contributed by atoms with van der Waals surface area (Å²) in [6, 6.07) is 4.30. The molecular weight excluding hydrogens is 264 g/mol. The van der Waals surface area contributed by atoms with Crippen LogP contribution in [-0.4, -0.2) is 35.7 Å². The molecule has 110 valence electrons. The van der Waals surface area contributed by atoms with E-state index in [0.717, 1.165) is 0 Å². The van der Waals surface area contributed by atoms with Crippen LogP contribution in [0.25, 0.3) is 0 Å². The third kappa shape index (κ3) is 3.59. The summed E-state index contributed by atoms with van der Waals surface area (Å²) < 4.78 is 5.02. The zero-order valence-electron chi connectivity index (χ0n) is 11.7. The third-order valence-electron chi connectivity index (χ3n) is 3.03. The molecule has 1 atom stereocenters. The van der Waals surface area contributed by atoms with E-state index in [2.05, 4.69) is 0 Å². The molecule has 0 bridgehead atoms. The quantitative estimate of drug-likeness (QED) is 0.609. The fraction of sp³-hybridized carbons (Fsp3) is 0.462. The number of ether oxygens (including phenoxy) is 1. The second-order valence-corrected chi connectivity index (χ2v) is 4.35. The Hall–Kier alpha value is -2.31. The minimum atomic E-state index is -0.884. The van der Waals surface area contributed by atoms with Gasteiger partial charge in [0, 0.05) is 30.4 Å². The van der Waals surface area contributed by atoms with Crippen LogP contribution in [0.15, 0.2) is 18.2 Å². The maximum absolute atomic E-state index is 10.8. The summed E-state index contributed by atoms with van der Waals surface area (Å²) in [7, 11) is 1.36. The van der Waals surface area contributed by atoms with Crippen molar-refractivity contribution in [3.05, 3.63) is 28.3 Å². The van der Waals surface area contributed by atoms with Gasteiger partial charge >= 0.3 is 11.7 Å². The molecule has 0 aliphatic heterocycles. The topological polar surface area (TPSA) is 92.9 Å². The first-order chi connectivity index (χ1) is 9.40. The Labute approximate surface area is 116 Å². The van der Waals surface area contributed by atoms with Gasteiger partial charge in [0.15, 0.2) is 5.75 Å². The van der Waals surface area contributed by atoms with Crippen molar-refractivity contribution in [1.82, 2.24) is 0 Å². The summed E-state index contributed by atoms with van der Waals surface area (Å²) >= 11 is 0. The highest BCUT2D eigenvalue weighted by Crippen LogP contribution is 2.32. The number of nitro benzene ring substituents is 1. The van der Waals surface area contributed by atoms with Crippen LogP contribution in [0.1, 0.15) is 20.3 Å². The molecule has 7 nitrogen and oxygen atoms in total. The molecule has 0 heterocycles. The number of nitro groups is 1. The number of carbonyl (C=O) groups is 1. The lowest BCUT2D eigenvalue weighted by Crippen LogP contribution is -2.34. The highest BCUT2D eigenvalue weighted by molar-refractivity contribution is 5.69. The number of carboxylic acid groups (broad SMARTS) is 1. The molecule has 0 aliphatic rings. The lowest BCUT2D eigenvalue weighted by Gasteiger charge is -2.29. The maximum Gasteiger partial charge on any atom is 0.311 e. The zero-order chi connectivity index (χ0) is 15.3. The smallest absolute Gasteiger partial charge is 0.311 e. The molecule has 1 N–H and O–H groups in total. The number of rotatable bonds is 7. The third-order valence-corrected chi connectivity index (χ3v) is 3.03. The second-order valence-electron chi connectivity index (χ2n) is 4.35. The highest BCUT2D eigenvalue weighted by Gasteiger charge is 2.20. The summed E-state index contributed by atoms with van der Waals surface area (Å²) in [5, 5.41) is 19.7. The van der Waals surface area contributed by atoms with Crippen LogP contribution in [0.2, 0.25) is 0 Å². The van der Waals surface area contributed by atoms with Gasteiger partial charge in [-0.15, -0.1) is 0 Å². The van der Waals surface area contributed by atoms with Crippen LogP contribution >= 0.6 is 0 Å². The first kappa shape index (κ1) is 15.7. The van der Waals surface area contributed by atoms with Crippen molar-refractivity contribution < 1.29 is 19.6 Å². The highest BCUT2D eigenvalue weighted by atomic mass is 16.6. The van der Waals surface area contributed by atoms with E-state index >= 15 is 0 Å². The number of carboxylic acids is 1. The Kier molecular flexibility index (Phi) is 5.31. The molecule has 1 rings (SSSR count). The SMILES string of the molecule is CCN(c1ccc([N+](=O)[O-])c(OC)c1)C(C)CC(=O)O. The molecule has 0 fully saturated rings. The van der Waals surface area contributed by atoms with E-state index in [1.807, 2.05) is 11.8 Å². The molecule has 0 amide bonds. The van der Waals surface area contributed by atoms with Crippen molar-refractivity contribution in [2.75, 3.05) is 18.6 Å². The van der Waals surface area contributed by atoms with Crippen LogP contribution in [0, 0.1) is 10.1 Å². The van der Waals surface area contributed by atoms with E-state index < -0.39 is 10.9 Å². The fourth-order valence-corrected chi connectivity index (χ4v) is 2.11. The lowest BCUT2D eigenvalue weighted by atomic mass is 10.1. The average Bonchev–Trinajstić information content (AvgIpc) is 2.38. The van der Waals surface area contributed by atoms with Gasteiger partial charge in [-0.2, -0.15) is 0 Å². The largest absolute Gasteiger partial charge is 0.490 e. The minimum absolute atomic E-state index is 0.00680. The first-order valence-electron chi connectivity index (χ1n) is 6.21. The van der Waals surface area contributed by atoms with Gasteiger partial charge in [-0.25, -0.2) is 0 Å². The Bertz CT molecular complexity index is 504. The molecule has 0 saturated carbocycles. The number of aliphatic carboxylic acids is 1. The second kappa shape index (κ2) is 6.74. The molecule has 0 aromatic heterocycles. The van der Waals surface area contributed by atoms with Crippen LogP contribution < -0.4 is 9.64 Å². The van der Waals surface area contributed by atoms with Crippen LogP contribution in [0.3, 0.4) is 0 Å². The van der Waals surface area contributed by atoms with Gasteiger partial charge in [-0.05, 0) is 19.9 Å². The van der Waals surface area contributed by atoms with Gasteiger partial charge in [0.05, 0.1) is 18.5 Å². The van der Waals surface area contributed by atoms with Gasteiger partial charge in [0.1, 0.15) is 0 Å². The number of hydrogen-bond acceptors (Lipinski definition) is 5. The first-order valence-corrected chi connectivity index (χ1v) is 6.21. The molecule has 7 heteroatoms. The van der Waals surface area contributed by atoms with Crippen molar-refractivity contribution in [3.63, 3.8) is 0 Å². The Morgan fingerprint density at radius 3 is 2.65 bits per heavy atom. The standard InChI is InChI=1S/C13H18N2O5/c1-4-14(9(2)7-13(16)17)10-5-6-11(15(18)19)12(8-10)20-3/h5-6,8-9H,4,7H2,1-3H3,(H,16,17). The fourth-order valence-electron chi connectivity index (χ4n) is 2.11. The van der Waals surface area contributed by atoms with Gasteiger partial charge in [0.2, 0.25) is 0 Å². The Balaban J connectivity index is 3.10. The monoisotopic (exact) mass is 282 g/mol. The van der Waals surface area contributed by atoms with Gasteiger partial charge in [-0.3, -0.25) is 14.9 Å². The molecule has 0 radical (unpaired) electrons. The van der Waals surface area contributed by atoms with E-state index in [4.69, 9.17) is 9.84 Å². The summed E-state index contributed by atoms with van der Waals surface area (Å²) in [6.45, 7) is 4.28. The van der Waals surface area contributed by atoms with Gasteiger partial charge in [0.25, 0.3) is 0 Å². The average molecular weight is 282 g/mol. The summed E-state index contributed by atoms with van der Waals surface area (Å²) in [5.74, 6) is -0.724. The lowest BCUT2D eigenvalue weighted by molar-refractivity contribution is -0.385. The summed E-state index contributed by atoms with van der Waals surface area (Å²) in [5.41, 5.74) is 0.585. The van der Waals surface area contributed by atoms with Crippen molar-refractivity contribution in [1.29, 1.82) is 0 Å². The molecule has 1 unspecified atom stereocenters. The summed E-state index contributed by atoms with van der Waals surface area (Å²) in [6.07, 6.45) is -0.00680.